The normalized spacial score (nSPS) is 28.6. The van der Waals surface area contributed by atoms with Crippen LogP contribution in [0.1, 0.15) is 25.3 Å². The quantitative estimate of drug-likeness (QED) is 0.831. The molecule has 0 bridgehead atoms. The number of fused-ring (bicyclic) bond motifs is 1. The first-order valence-electron chi connectivity index (χ1n) is 6.49. The first-order valence-corrected chi connectivity index (χ1v) is 6.49. The van der Waals surface area contributed by atoms with Gasteiger partial charge in [0.1, 0.15) is 11.6 Å². The molecule has 1 aromatic carbocycles. The molecule has 18 heavy (non-hydrogen) atoms. The Labute approximate surface area is 106 Å². The minimum Gasteiger partial charge on any atom is -0.462 e. The highest BCUT2D eigenvalue weighted by molar-refractivity contribution is 5.35. The molecule has 4 heteroatoms. The molecule has 0 spiro atoms. The van der Waals surface area contributed by atoms with Crippen LogP contribution in [0.3, 0.4) is 0 Å². The second-order valence-corrected chi connectivity index (χ2v) is 5.18. The lowest BCUT2D eigenvalue weighted by Crippen LogP contribution is -2.49. The van der Waals surface area contributed by atoms with Crippen LogP contribution in [0.4, 0.5) is 4.39 Å². The zero-order valence-corrected chi connectivity index (χ0v) is 10.5. The monoisotopic (exact) mass is 251 g/mol. The van der Waals surface area contributed by atoms with Crippen molar-refractivity contribution >= 4 is 0 Å². The molecule has 1 atom stereocenters. The Balaban J connectivity index is 1.82. The summed E-state index contributed by atoms with van der Waals surface area (Å²) in [6, 6.07) is 4.62. The summed E-state index contributed by atoms with van der Waals surface area (Å²) in [6.45, 7) is 4.43. The molecule has 1 unspecified atom stereocenters. The van der Waals surface area contributed by atoms with Gasteiger partial charge in [-0.2, -0.15) is 0 Å². The maximum Gasteiger partial charge on any atom is 0.210 e. The van der Waals surface area contributed by atoms with Crippen molar-refractivity contribution in [1.82, 2.24) is 5.32 Å². The van der Waals surface area contributed by atoms with E-state index in [-0.39, 0.29) is 5.82 Å². The van der Waals surface area contributed by atoms with Gasteiger partial charge < -0.3 is 14.8 Å². The highest BCUT2D eigenvalue weighted by Gasteiger charge is 2.41. The van der Waals surface area contributed by atoms with Crippen LogP contribution >= 0.6 is 0 Å². The van der Waals surface area contributed by atoms with Crippen molar-refractivity contribution in [3.05, 3.63) is 29.6 Å². The predicted molar refractivity (Wildman–Crippen MR) is 65.8 cm³/mol. The van der Waals surface area contributed by atoms with Crippen molar-refractivity contribution in [2.75, 3.05) is 13.1 Å². The number of piperidine rings is 1. The zero-order valence-electron chi connectivity index (χ0n) is 10.5. The molecule has 3 rings (SSSR count). The molecule has 1 aromatic rings. The van der Waals surface area contributed by atoms with E-state index in [1.54, 1.807) is 6.07 Å². The Bertz CT molecular complexity index is 445. The number of ether oxygens (including phenoxy) is 2. The lowest BCUT2D eigenvalue weighted by atomic mass is 9.89. The SMILES string of the molecule is CC1(C2CCNCC2)OCc2cc(F)ccc2O1. The van der Waals surface area contributed by atoms with Crippen LogP contribution in [0.2, 0.25) is 0 Å². The summed E-state index contributed by atoms with van der Waals surface area (Å²) >= 11 is 0. The minimum absolute atomic E-state index is 0.244. The highest BCUT2D eigenvalue weighted by atomic mass is 19.1. The van der Waals surface area contributed by atoms with E-state index in [9.17, 15) is 4.39 Å². The molecular formula is C14H18FNO2. The number of hydrogen-bond acceptors (Lipinski definition) is 3. The fourth-order valence-corrected chi connectivity index (χ4v) is 2.78. The van der Waals surface area contributed by atoms with Crippen LogP contribution in [0, 0.1) is 11.7 Å². The van der Waals surface area contributed by atoms with Crippen molar-refractivity contribution < 1.29 is 13.9 Å². The van der Waals surface area contributed by atoms with E-state index >= 15 is 0 Å². The third kappa shape index (κ3) is 2.10. The van der Waals surface area contributed by atoms with E-state index in [0.717, 1.165) is 37.2 Å². The number of halogens is 1. The Hall–Kier alpha value is -1.13. The van der Waals surface area contributed by atoms with Gasteiger partial charge in [-0.15, -0.1) is 0 Å². The van der Waals surface area contributed by atoms with Crippen molar-refractivity contribution in [3.63, 3.8) is 0 Å². The first-order chi connectivity index (χ1) is 8.67. The third-order valence-corrected chi connectivity index (χ3v) is 3.93. The van der Waals surface area contributed by atoms with Crippen molar-refractivity contribution in [3.8, 4) is 5.75 Å². The lowest BCUT2D eigenvalue weighted by molar-refractivity contribution is -0.230. The van der Waals surface area contributed by atoms with E-state index in [1.165, 1.54) is 12.1 Å². The van der Waals surface area contributed by atoms with Crippen LogP contribution in [0.25, 0.3) is 0 Å². The first kappa shape index (κ1) is 11.9. The third-order valence-electron chi connectivity index (χ3n) is 3.93. The molecule has 98 valence electrons. The number of nitrogens with one attached hydrogen (secondary N) is 1. The minimum atomic E-state index is -0.576. The van der Waals surface area contributed by atoms with Gasteiger partial charge in [0, 0.05) is 18.4 Å². The van der Waals surface area contributed by atoms with E-state index < -0.39 is 5.79 Å². The van der Waals surface area contributed by atoms with Crippen LogP contribution in [-0.2, 0) is 11.3 Å². The summed E-state index contributed by atoms with van der Waals surface area (Å²) < 4.78 is 25.0. The molecule has 3 nitrogen and oxygen atoms in total. The Morgan fingerprint density at radius 3 is 2.89 bits per heavy atom. The Kier molecular flexibility index (Phi) is 2.99. The average molecular weight is 251 g/mol. The van der Waals surface area contributed by atoms with Gasteiger partial charge in [0.05, 0.1) is 6.61 Å². The Morgan fingerprint density at radius 1 is 1.33 bits per heavy atom. The molecule has 1 fully saturated rings. The van der Waals surface area contributed by atoms with Crippen LogP contribution in [0.5, 0.6) is 5.75 Å². The molecule has 0 aliphatic carbocycles. The fraction of sp³-hybridized carbons (Fsp3) is 0.571. The van der Waals surface area contributed by atoms with Gasteiger partial charge in [-0.25, -0.2) is 4.39 Å². The van der Waals surface area contributed by atoms with Gasteiger partial charge >= 0.3 is 0 Å². The van der Waals surface area contributed by atoms with Gasteiger partial charge in [-0.3, -0.25) is 0 Å². The molecule has 2 aliphatic rings. The lowest BCUT2D eigenvalue weighted by Gasteiger charge is -2.42. The van der Waals surface area contributed by atoms with Crippen molar-refractivity contribution in [2.24, 2.45) is 5.92 Å². The second kappa shape index (κ2) is 4.52. The Morgan fingerprint density at radius 2 is 2.11 bits per heavy atom. The van der Waals surface area contributed by atoms with E-state index in [0.29, 0.717) is 12.5 Å². The summed E-state index contributed by atoms with van der Waals surface area (Å²) in [5.74, 6) is 0.319. The van der Waals surface area contributed by atoms with Gasteiger partial charge in [-0.05, 0) is 44.1 Å². The van der Waals surface area contributed by atoms with Gasteiger partial charge in [-0.1, -0.05) is 0 Å². The molecule has 1 N–H and O–H groups in total. The van der Waals surface area contributed by atoms with Gasteiger partial charge in [0.2, 0.25) is 5.79 Å². The summed E-state index contributed by atoms with van der Waals surface area (Å²) in [5, 5.41) is 3.34. The van der Waals surface area contributed by atoms with E-state index in [1.807, 2.05) is 6.92 Å². The van der Waals surface area contributed by atoms with E-state index in [2.05, 4.69) is 5.32 Å². The second-order valence-electron chi connectivity index (χ2n) is 5.18. The summed E-state index contributed by atoms with van der Waals surface area (Å²) in [6.07, 6.45) is 2.10. The largest absolute Gasteiger partial charge is 0.462 e. The number of hydrogen-bond donors (Lipinski definition) is 1. The molecule has 0 saturated carbocycles. The van der Waals surface area contributed by atoms with E-state index in [4.69, 9.17) is 9.47 Å². The number of rotatable bonds is 1. The van der Waals surface area contributed by atoms with Gasteiger partial charge in [0.15, 0.2) is 0 Å². The maximum atomic E-state index is 13.1. The number of benzene rings is 1. The summed E-state index contributed by atoms with van der Waals surface area (Å²) in [4.78, 5) is 0. The van der Waals surface area contributed by atoms with Crippen molar-refractivity contribution in [2.45, 2.75) is 32.2 Å². The molecule has 0 radical (unpaired) electrons. The van der Waals surface area contributed by atoms with Crippen LogP contribution in [-0.4, -0.2) is 18.9 Å². The zero-order chi connectivity index (χ0) is 12.6. The highest BCUT2D eigenvalue weighted by Crippen LogP contribution is 2.38. The molecule has 1 saturated heterocycles. The average Bonchev–Trinajstić information content (AvgIpc) is 2.40. The van der Waals surface area contributed by atoms with Crippen LogP contribution < -0.4 is 10.1 Å². The van der Waals surface area contributed by atoms with Crippen LogP contribution in [0.15, 0.2) is 18.2 Å². The summed E-state index contributed by atoms with van der Waals surface area (Å²) in [5.41, 5.74) is 0.793. The predicted octanol–water partition coefficient (Wildman–Crippen LogP) is 2.45. The standard InChI is InChI=1S/C14H18FNO2/c1-14(11-4-6-16-7-5-11)17-9-10-8-12(15)2-3-13(10)18-14/h2-3,8,11,16H,4-7,9H2,1H3. The summed E-state index contributed by atoms with van der Waals surface area (Å²) in [7, 11) is 0. The smallest absolute Gasteiger partial charge is 0.210 e. The molecule has 0 aromatic heterocycles. The molecule has 0 amide bonds. The fourth-order valence-electron chi connectivity index (χ4n) is 2.78. The van der Waals surface area contributed by atoms with Crippen molar-refractivity contribution in [1.29, 1.82) is 0 Å². The molecular weight excluding hydrogens is 233 g/mol. The maximum absolute atomic E-state index is 13.1. The molecule has 2 aliphatic heterocycles. The topological polar surface area (TPSA) is 30.5 Å². The molecule has 2 heterocycles. The van der Waals surface area contributed by atoms with Gasteiger partial charge in [0.25, 0.3) is 0 Å².